The summed E-state index contributed by atoms with van der Waals surface area (Å²) in [5.74, 6) is 0.200. The minimum absolute atomic E-state index is 0.00774. The predicted octanol–water partition coefficient (Wildman–Crippen LogP) is 2.13. The van der Waals surface area contributed by atoms with E-state index in [0.29, 0.717) is 24.4 Å². The van der Waals surface area contributed by atoms with Gasteiger partial charge in [-0.05, 0) is 23.6 Å². The van der Waals surface area contributed by atoms with Gasteiger partial charge in [-0.1, -0.05) is 31.3 Å². The molecule has 0 fully saturated rings. The zero-order valence-corrected chi connectivity index (χ0v) is 12.1. The van der Waals surface area contributed by atoms with Crippen molar-refractivity contribution in [1.82, 2.24) is 0 Å². The van der Waals surface area contributed by atoms with Crippen molar-refractivity contribution in [2.45, 2.75) is 19.8 Å². The van der Waals surface area contributed by atoms with Crippen molar-refractivity contribution >= 4 is 28.8 Å². The van der Waals surface area contributed by atoms with Gasteiger partial charge in [-0.15, -0.1) is 0 Å². The molecule has 0 aliphatic heterocycles. The molecule has 0 radical (unpaired) electrons. The van der Waals surface area contributed by atoms with Gasteiger partial charge >= 0.3 is 0 Å². The smallest absolute Gasteiger partial charge is 0.224 e. The largest absolute Gasteiger partial charge is 0.393 e. The van der Waals surface area contributed by atoms with Crippen LogP contribution in [0.1, 0.15) is 18.9 Å². The third kappa shape index (κ3) is 6.31. The summed E-state index contributed by atoms with van der Waals surface area (Å²) >= 11 is 4.85. The summed E-state index contributed by atoms with van der Waals surface area (Å²) in [6.45, 7) is 2.56. The maximum Gasteiger partial charge on any atom is 0.224 e. The standard InChI is InChI=1S/C14H20N2O2S/c1-10(9-18-2)7-14(17)16-12-5-3-11(4-6-12)8-13(15)19/h3-6,10H,7-9H2,1-2H3,(H2,15,19)(H,16,17). The Hall–Kier alpha value is -1.46. The number of carbonyl (C=O) groups excluding carboxylic acids is 1. The number of ether oxygens (including phenoxy) is 1. The van der Waals surface area contributed by atoms with Gasteiger partial charge in [-0.3, -0.25) is 4.79 Å². The maximum absolute atomic E-state index is 11.8. The lowest BCUT2D eigenvalue weighted by molar-refractivity contribution is -0.117. The van der Waals surface area contributed by atoms with Crippen molar-refractivity contribution in [2.24, 2.45) is 11.7 Å². The molecule has 0 spiro atoms. The lowest BCUT2D eigenvalue weighted by atomic mass is 10.1. The van der Waals surface area contributed by atoms with Crippen LogP contribution < -0.4 is 11.1 Å². The molecule has 1 aromatic rings. The lowest BCUT2D eigenvalue weighted by Gasteiger charge is -2.10. The third-order valence-corrected chi connectivity index (χ3v) is 2.75. The van der Waals surface area contributed by atoms with E-state index in [1.807, 2.05) is 31.2 Å². The fourth-order valence-electron chi connectivity index (χ4n) is 1.78. The summed E-state index contributed by atoms with van der Waals surface area (Å²) in [5, 5.41) is 2.85. The number of benzene rings is 1. The van der Waals surface area contributed by atoms with E-state index in [-0.39, 0.29) is 11.8 Å². The Morgan fingerprint density at radius 2 is 2.05 bits per heavy atom. The average molecular weight is 280 g/mol. The van der Waals surface area contributed by atoms with E-state index in [0.717, 1.165) is 11.3 Å². The van der Waals surface area contributed by atoms with Gasteiger partial charge in [0.1, 0.15) is 0 Å². The van der Waals surface area contributed by atoms with E-state index in [2.05, 4.69) is 5.32 Å². The van der Waals surface area contributed by atoms with Crippen LogP contribution in [0.5, 0.6) is 0 Å². The quantitative estimate of drug-likeness (QED) is 0.751. The monoisotopic (exact) mass is 280 g/mol. The Kier molecular flexibility index (Phi) is 6.45. The Morgan fingerprint density at radius 3 is 2.58 bits per heavy atom. The molecule has 19 heavy (non-hydrogen) atoms. The Bertz CT molecular complexity index is 432. The Balaban J connectivity index is 2.48. The molecular weight excluding hydrogens is 260 g/mol. The van der Waals surface area contributed by atoms with Gasteiger partial charge in [0.05, 0.1) is 4.99 Å². The van der Waals surface area contributed by atoms with E-state index in [1.54, 1.807) is 7.11 Å². The van der Waals surface area contributed by atoms with Crippen LogP contribution in [-0.4, -0.2) is 24.6 Å². The molecule has 104 valence electrons. The molecule has 3 N–H and O–H groups in total. The summed E-state index contributed by atoms with van der Waals surface area (Å²) in [4.78, 5) is 12.2. The van der Waals surface area contributed by atoms with Crippen LogP contribution in [0.25, 0.3) is 0 Å². The molecular formula is C14H20N2O2S. The molecule has 0 saturated carbocycles. The van der Waals surface area contributed by atoms with E-state index >= 15 is 0 Å². The van der Waals surface area contributed by atoms with Gasteiger partial charge in [0.25, 0.3) is 0 Å². The van der Waals surface area contributed by atoms with Crippen LogP contribution >= 0.6 is 12.2 Å². The van der Waals surface area contributed by atoms with Crippen molar-refractivity contribution in [3.05, 3.63) is 29.8 Å². The minimum atomic E-state index is -0.00774. The number of amides is 1. The highest BCUT2D eigenvalue weighted by atomic mass is 32.1. The SMILES string of the molecule is COCC(C)CC(=O)Nc1ccc(CC(N)=S)cc1. The fourth-order valence-corrected chi connectivity index (χ4v) is 1.95. The lowest BCUT2D eigenvalue weighted by Crippen LogP contribution is -2.17. The molecule has 0 heterocycles. The molecule has 0 aliphatic carbocycles. The first kappa shape index (κ1) is 15.6. The molecule has 5 heteroatoms. The van der Waals surface area contributed by atoms with Crippen molar-refractivity contribution < 1.29 is 9.53 Å². The van der Waals surface area contributed by atoms with Gasteiger partial charge in [0, 0.05) is 32.2 Å². The topological polar surface area (TPSA) is 64.3 Å². The van der Waals surface area contributed by atoms with Crippen LogP contribution in [-0.2, 0) is 16.0 Å². The number of anilines is 1. The summed E-state index contributed by atoms with van der Waals surface area (Å²) in [6, 6.07) is 7.53. The van der Waals surface area contributed by atoms with Gasteiger partial charge in [-0.25, -0.2) is 0 Å². The normalized spacial score (nSPS) is 11.9. The number of nitrogens with one attached hydrogen (secondary N) is 1. The van der Waals surface area contributed by atoms with E-state index < -0.39 is 0 Å². The number of thiocarbonyl (C=S) groups is 1. The fraction of sp³-hybridized carbons (Fsp3) is 0.429. The number of methoxy groups -OCH3 is 1. The summed E-state index contributed by atoms with van der Waals surface area (Å²) < 4.78 is 5.00. The number of hydrogen-bond donors (Lipinski definition) is 2. The summed E-state index contributed by atoms with van der Waals surface area (Å²) in [7, 11) is 1.63. The highest BCUT2D eigenvalue weighted by molar-refractivity contribution is 7.80. The summed E-state index contributed by atoms with van der Waals surface area (Å²) in [5.41, 5.74) is 7.30. The zero-order chi connectivity index (χ0) is 14.3. The van der Waals surface area contributed by atoms with Crippen LogP contribution in [0.4, 0.5) is 5.69 Å². The van der Waals surface area contributed by atoms with Gasteiger partial charge in [0.2, 0.25) is 5.91 Å². The molecule has 1 amide bonds. The van der Waals surface area contributed by atoms with E-state index in [4.69, 9.17) is 22.7 Å². The molecule has 1 atom stereocenters. The van der Waals surface area contributed by atoms with Gasteiger partial charge < -0.3 is 15.8 Å². The zero-order valence-electron chi connectivity index (χ0n) is 11.3. The first-order chi connectivity index (χ1) is 9.01. The van der Waals surface area contributed by atoms with E-state index in [9.17, 15) is 4.79 Å². The van der Waals surface area contributed by atoms with Crippen LogP contribution in [0.2, 0.25) is 0 Å². The number of hydrogen-bond acceptors (Lipinski definition) is 3. The Morgan fingerprint density at radius 1 is 1.42 bits per heavy atom. The summed E-state index contributed by atoms with van der Waals surface area (Å²) in [6.07, 6.45) is 1.02. The number of nitrogens with two attached hydrogens (primary N) is 1. The number of carbonyl (C=O) groups is 1. The van der Waals surface area contributed by atoms with Crippen molar-refractivity contribution in [2.75, 3.05) is 19.0 Å². The minimum Gasteiger partial charge on any atom is -0.393 e. The second-order valence-corrected chi connectivity index (χ2v) is 5.18. The highest BCUT2D eigenvalue weighted by Crippen LogP contribution is 2.12. The van der Waals surface area contributed by atoms with Crippen LogP contribution in [0.3, 0.4) is 0 Å². The molecule has 1 unspecified atom stereocenters. The second-order valence-electron chi connectivity index (χ2n) is 4.65. The van der Waals surface area contributed by atoms with Crippen molar-refractivity contribution in [3.8, 4) is 0 Å². The molecule has 1 aromatic carbocycles. The molecule has 0 aromatic heterocycles. The predicted molar refractivity (Wildman–Crippen MR) is 81.2 cm³/mol. The first-order valence-electron chi connectivity index (χ1n) is 6.17. The van der Waals surface area contributed by atoms with Gasteiger partial charge in [-0.2, -0.15) is 0 Å². The molecule has 0 saturated heterocycles. The third-order valence-electron chi connectivity index (χ3n) is 2.60. The first-order valence-corrected chi connectivity index (χ1v) is 6.58. The number of rotatable bonds is 7. The Labute approximate surface area is 119 Å². The maximum atomic E-state index is 11.8. The molecule has 0 aliphatic rings. The second kappa shape index (κ2) is 7.86. The molecule has 1 rings (SSSR count). The van der Waals surface area contributed by atoms with Crippen LogP contribution in [0, 0.1) is 5.92 Å². The molecule has 0 bridgehead atoms. The van der Waals surface area contributed by atoms with Crippen molar-refractivity contribution in [3.63, 3.8) is 0 Å². The van der Waals surface area contributed by atoms with Gasteiger partial charge in [0.15, 0.2) is 0 Å². The average Bonchev–Trinajstić information content (AvgIpc) is 2.31. The van der Waals surface area contributed by atoms with Crippen LogP contribution in [0.15, 0.2) is 24.3 Å². The van der Waals surface area contributed by atoms with E-state index in [1.165, 1.54) is 0 Å². The van der Waals surface area contributed by atoms with Crippen molar-refractivity contribution in [1.29, 1.82) is 0 Å². The highest BCUT2D eigenvalue weighted by Gasteiger charge is 2.09. The molecule has 4 nitrogen and oxygen atoms in total.